The molecule has 0 aliphatic heterocycles. The van der Waals surface area contributed by atoms with Crippen LogP contribution in [0.15, 0.2) is 16.7 Å². The Hall–Kier alpha value is -0.650. The first-order chi connectivity index (χ1) is 5.68. The summed E-state index contributed by atoms with van der Waals surface area (Å²) in [5.41, 5.74) is 1.30. The van der Waals surface area contributed by atoms with Crippen molar-refractivity contribution in [2.75, 3.05) is 0 Å². The zero-order valence-corrected chi connectivity index (χ0v) is 8.42. The average Bonchev–Trinajstić information content (AvgIpc) is 2.35. The number of fused-ring (bicyclic) bond motifs is 1. The van der Waals surface area contributed by atoms with Gasteiger partial charge in [0.2, 0.25) is 0 Å². The van der Waals surface area contributed by atoms with Crippen LogP contribution in [0.3, 0.4) is 0 Å². The molecule has 62 valence electrons. The van der Waals surface area contributed by atoms with Gasteiger partial charge in [-0.1, -0.05) is 5.16 Å². The van der Waals surface area contributed by atoms with Crippen LogP contribution in [-0.2, 0) is 0 Å². The van der Waals surface area contributed by atoms with Crippen LogP contribution in [0.25, 0.3) is 11.0 Å². The number of halogens is 2. The highest BCUT2D eigenvalue weighted by Gasteiger charge is 2.07. The van der Waals surface area contributed by atoms with Crippen molar-refractivity contribution in [1.29, 1.82) is 0 Å². The Morgan fingerprint density at radius 3 is 3.00 bits per heavy atom. The molecule has 0 bridgehead atoms. The van der Waals surface area contributed by atoms with E-state index < -0.39 is 0 Å². The van der Waals surface area contributed by atoms with Crippen molar-refractivity contribution in [2.45, 2.75) is 6.92 Å². The van der Waals surface area contributed by atoms with Gasteiger partial charge in [0.1, 0.15) is 5.82 Å². The molecule has 4 heteroatoms. The van der Waals surface area contributed by atoms with Gasteiger partial charge in [-0.05, 0) is 35.6 Å². The van der Waals surface area contributed by atoms with Crippen LogP contribution in [0.1, 0.15) is 5.69 Å². The van der Waals surface area contributed by atoms with Gasteiger partial charge in [0.25, 0.3) is 0 Å². The SMILES string of the molecule is Cc1noc2cc(F)c(I)cc12. The largest absolute Gasteiger partial charge is 0.356 e. The smallest absolute Gasteiger partial charge is 0.170 e. The second kappa shape index (κ2) is 2.69. The number of benzene rings is 1. The van der Waals surface area contributed by atoms with E-state index in [1.807, 2.05) is 29.5 Å². The van der Waals surface area contributed by atoms with E-state index >= 15 is 0 Å². The molecule has 2 nitrogen and oxygen atoms in total. The van der Waals surface area contributed by atoms with E-state index in [1.165, 1.54) is 6.07 Å². The van der Waals surface area contributed by atoms with E-state index in [4.69, 9.17) is 4.52 Å². The third-order valence-electron chi connectivity index (χ3n) is 1.69. The van der Waals surface area contributed by atoms with Crippen LogP contribution in [0.2, 0.25) is 0 Å². The Morgan fingerprint density at radius 1 is 1.50 bits per heavy atom. The molecule has 2 aromatic rings. The summed E-state index contributed by atoms with van der Waals surface area (Å²) in [5.74, 6) is -0.265. The number of hydrogen-bond donors (Lipinski definition) is 0. The number of nitrogens with zero attached hydrogens (tertiary/aromatic N) is 1. The van der Waals surface area contributed by atoms with E-state index in [-0.39, 0.29) is 5.82 Å². The summed E-state index contributed by atoms with van der Waals surface area (Å²) in [5, 5.41) is 4.61. The average molecular weight is 277 g/mol. The minimum atomic E-state index is -0.265. The molecule has 0 N–H and O–H groups in total. The third kappa shape index (κ3) is 1.10. The molecule has 0 saturated carbocycles. The molecule has 1 heterocycles. The number of rotatable bonds is 0. The molecule has 0 unspecified atom stereocenters. The zero-order chi connectivity index (χ0) is 8.72. The Kier molecular flexibility index (Phi) is 1.79. The maximum Gasteiger partial charge on any atom is 0.170 e. The van der Waals surface area contributed by atoms with Crippen molar-refractivity contribution in [3.8, 4) is 0 Å². The van der Waals surface area contributed by atoms with E-state index in [9.17, 15) is 4.39 Å². The Labute approximate surface area is 81.9 Å². The molecule has 0 amide bonds. The zero-order valence-electron chi connectivity index (χ0n) is 6.27. The van der Waals surface area contributed by atoms with Crippen LogP contribution in [0.4, 0.5) is 4.39 Å². The molecule has 1 aromatic carbocycles. The lowest BCUT2D eigenvalue weighted by Gasteiger charge is -1.92. The van der Waals surface area contributed by atoms with Gasteiger partial charge in [-0.2, -0.15) is 0 Å². The predicted octanol–water partition coefficient (Wildman–Crippen LogP) is 2.88. The first kappa shape index (κ1) is 7.97. The Bertz CT molecular complexity index is 438. The van der Waals surface area contributed by atoms with Crippen molar-refractivity contribution in [2.24, 2.45) is 0 Å². The molecular weight excluding hydrogens is 272 g/mol. The van der Waals surface area contributed by atoms with E-state index in [2.05, 4.69) is 5.16 Å². The first-order valence-electron chi connectivity index (χ1n) is 3.39. The maximum atomic E-state index is 13.0. The summed E-state index contributed by atoms with van der Waals surface area (Å²) in [6, 6.07) is 3.09. The first-order valence-corrected chi connectivity index (χ1v) is 4.47. The van der Waals surface area contributed by atoms with Crippen LogP contribution in [-0.4, -0.2) is 5.16 Å². The fraction of sp³-hybridized carbons (Fsp3) is 0.125. The molecule has 0 saturated heterocycles. The highest BCUT2D eigenvalue weighted by Crippen LogP contribution is 2.22. The molecule has 0 atom stereocenters. The monoisotopic (exact) mass is 277 g/mol. The van der Waals surface area contributed by atoms with Gasteiger partial charge < -0.3 is 4.52 Å². The quantitative estimate of drug-likeness (QED) is 0.692. The highest BCUT2D eigenvalue weighted by atomic mass is 127. The lowest BCUT2D eigenvalue weighted by Crippen LogP contribution is -1.80. The lowest BCUT2D eigenvalue weighted by atomic mass is 10.2. The van der Waals surface area contributed by atoms with E-state index in [0.717, 1.165) is 11.1 Å². The van der Waals surface area contributed by atoms with Crippen molar-refractivity contribution >= 4 is 33.6 Å². The molecule has 0 spiro atoms. The molecular formula is C8H5FINO. The summed E-state index contributed by atoms with van der Waals surface area (Å²) < 4.78 is 18.4. The van der Waals surface area contributed by atoms with Crippen molar-refractivity contribution in [3.63, 3.8) is 0 Å². The third-order valence-corrected chi connectivity index (χ3v) is 2.52. The fourth-order valence-electron chi connectivity index (χ4n) is 1.05. The number of aryl methyl sites for hydroxylation is 1. The molecule has 0 radical (unpaired) electrons. The maximum absolute atomic E-state index is 13.0. The van der Waals surface area contributed by atoms with Gasteiger partial charge in [-0.15, -0.1) is 0 Å². The topological polar surface area (TPSA) is 26.0 Å². The Morgan fingerprint density at radius 2 is 2.25 bits per heavy atom. The van der Waals surface area contributed by atoms with Crippen LogP contribution in [0.5, 0.6) is 0 Å². The summed E-state index contributed by atoms with van der Waals surface area (Å²) in [7, 11) is 0. The highest BCUT2D eigenvalue weighted by molar-refractivity contribution is 14.1. The standard InChI is InChI=1S/C8H5FINO/c1-4-5-2-7(10)6(9)3-8(5)12-11-4/h2-3H,1H3. The summed E-state index contributed by atoms with van der Waals surface area (Å²) >= 11 is 1.94. The van der Waals surface area contributed by atoms with Crippen molar-refractivity contribution in [1.82, 2.24) is 5.16 Å². The van der Waals surface area contributed by atoms with Crippen molar-refractivity contribution < 1.29 is 8.91 Å². The van der Waals surface area contributed by atoms with Gasteiger partial charge in [-0.25, -0.2) is 4.39 Å². The molecule has 0 aliphatic carbocycles. The van der Waals surface area contributed by atoms with Crippen LogP contribution >= 0.6 is 22.6 Å². The fourth-order valence-corrected chi connectivity index (χ4v) is 1.52. The lowest BCUT2D eigenvalue weighted by molar-refractivity contribution is 0.448. The Balaban J connectivity index is 2.87. The molecule has 1 aromatic heterocycles. The summed E-state index contributed by atoms with van der Waals surface area (Å²) in [4.78, 5) is 0. The predicted molar refractivity (Wildman–Crippen MR) is 51.4 cm³/mol. The molecule has 12 heavy (non-hydrogen) atoms. The van der Waals surface area contributed by atoms with Gasteiger partial charge in [0.05, 0.1) is 5.69 Å². The van der Waals surface area contributed by atoms with Gasteiger partial charge in [0, 0.05) is 15.0 Å². The second-order valence-corrected chi connectivity index (χ2v) is 3.69. The molecule has 0 fully saturated rings. The van der Waals surface area contributed by atoms with Gasteiger partial charge >= 0.3 is 0 Å². The van der Waals surface area contributed by atoms with Gasteiger partial charge in [-0.3, -0.25) is 0 Å². The van der Waals surface area contributed by atoms with E-state index in [1.54, 1.807) is 6.07 Å². The minimum Gasteiger partial charge on any atom is -0.356 e. The summed E-state index contributed by atoms with van der Waals surface area (Å²) in [6.45, 7) is 1.83. The van der Waals surface area contributed by atoms with Crippen molar-refractivity contribution in [3.05, 3.63) is 27.2 Å². The molecule has 0 aliphatic rings. The van der Waals surface area contributed by atoms with Crippen LogP contribution in [0, 0.1) is 16.3 Å². The molecule has 2 rings (SSSR count). The van der Waals surface area contributed by atoms with E-state index in [0.29, 0.717) is 9.15 Å². The normalized spacial score (nSPS) is 10.9. The van der Waals surface area contributed by atoms with Crippen LogP contribution < -0.4 is 0 Å². The number of hydrogen-bond acceptors (Lipinski definition) is 2. The summed E-state index contributed by atoms with van der Waals surface area (Å²) in [6.07, 6.45) is 0. The minimum absolute atomic E-state index is 0.265. The second-order valence-electron chi connectivity index (χ2n) is 2.53. The number of aromatic nitrogens is 1. The van der Waals surface area contributed by atoms with Gasteiger partial charge in [0.15, 0.2) is 5.58 Å².